The highest BCUT2D eigenvalue weighted by molar-refractivity contribution is 5.84. The second-order valence-corrected chi connectivity index (χ2v) is 5.35. The lowest BCUT2D eigenvalue weighted by Gasteiger charge is -2.17. The molecule has 3 aliphatic rings. The third-order valence-corrected chi connectivity index (χ3v) is 4.87. The minimum Gasteiger partial charge on any atom is -0.467 e. The van der Waals surface area contributed by atoms with Crippen molar-refractivity contribution >= 4 is 5.97 Å². The molecule has 0 aromatic rings. The van der Waals surface area contributed by atoms with E-state index in [-0.39, 0.29) is 11.6 Å². The Kier molecular flexibility index (Phi) is 1.77. The quantitative estimate of drug-likeness (QED) is 0.490. The first-order valence-electron chi connectivity index (χ1n) is 5.93. The number of epoxide rings is 1. The van der Waals surface area contributed by atoms with Crippen molar-refractivity contribution in [3.05, 3.63) is 0 Å². The lowest BCUT2D eigenvalue weighted by atomic mass is 9.83. The fourth-order valence-electron chi connectivity index (χ4n) is 4.05. The maximum Gasteiger partial charge on any atom is 0.340 e. The van der Waals surface area contributed by atoms with E-state index in [1.54, 1.807) is 0 Å². The molecule has 4 unspecified atom stereocenters. The second-order valence-electron chi connectivity index (χ2n) is 5.35. The van der Waals surface area contributed by atoms with Gasteiger partial charge < -0.3 is 9.47 Å². The highest BCUT2D eigenvalue weighted by atomic mass is 16.7. The van der Waals surface area contributed by atoms with Crippen molar-refractivity contribution in [1.82, 2.24) is 0 Å². The average molecular weight is 210 g/mol. The molecule has 2 aliphatic carbocycles. The Morgan fingerprint density at radius 1 is 1.40 bits per heavy atom. The van der Waals surface area contributed by atoms with E-state index in [1.165, 1.54) is 32.8 Å². The van der Waals surface area contributed by atoms with Crippen LogP contribution in [0.4, 0.5) is 0 Å². The molecule has 3 heteroatoms. The zero-order valence-corrected chi connectivity index (χ0v) is 9.41. The van der Waals surface area contributed by atoms with E-state index >= 15 is 0 Å². The van der Waals surface area contributed by atoms with Crippen LogP contribution in [0.25, 0.3) is 0 Å². The maximum absolute atomic E-state index is 11.7. The Balaban J connectivity index is 1.86. The van der Waals surface area contributed by atoms with Crippen molar-refractivity contribution in [2.75, 3.05) is 7.11 Å². The number of carbonyl (C=O) groups excluding carboxylic acids is 1. The summed E-state index contributed by atoms with van der Waals surface area (Å²) in [6.07, 6.45) is 6.15. The van der Waals surface area contributed by atoms with Crippen molar-refractivity contribution in [1.29, 1.82) is 0 Å². The van der Waals surface area contributed by atoms with Gasteiger partial charge in [-0.1, -0.05) is 12.8 Å². The minimum absolute atomic E-state index is 0.152. The molecule has 3 nitrogen and oxygen atoms in total. The van der Waals surface area contributed by atoms with Crippen LogP contribution in [0.15, 0.2) is 0 Å². The summed E-state index contributed by atoms with van der Waals surface area (Å²) in [5.74, 6) is 1.23. The molecular weight excluding hydrogens is 192 g/mol. The van der Waals surface area contributed by atoms with Crippen LogP contribution < -0.4 is 0 Å². The average Bonchev–Trinajstić information content (AvgIpc) is 2.60. The predicted molar refractivity (Wildman–Crippen MR) is 54.3 cm³/mol. The molecule has 4 atom stereocenters. The molecule has 0 aromatic carbocycles. The summed E-state index contributed by atoms with van der Waals surface area (Å²) in [6.45, 7) is 1.90. The molecule has 84 valence electrons. The van der Waals surface area contributed by atoms with E-state index < -0.39 is 5.60 Å². The Morgan fingerprint density at radius 3 is 2.93 bits per heavy atom. The first-order valence-corrected chi connectivity index (χ1v) is 5.93. The molecule has 0 N–H and O–H groups in total. The van der Waals surface area contributed by atoms with E-state index in [2.05, 4.69) is 0 Å². The zero-order valence-electron chi connectivity index (χ0n) is 9.41. The van der Waals surface area contributed by atoms with Gasteiger partial charge in [0.25, 0.3) is 0 Å². The molecule has 1 saturated heterocycles. The minimum atomic E-state index is -0.633. The van der Waals surface area contributed by atoms with E-state index in [4.69, 9.17) is 9.47 Å². The lowest BCUT2D eigenvalue weighted by Crippen LogP contribution is -2.35. The highest BCUT2D eigenvalue weighted by Crippen LogP contribution is 2.66. The van der Waals surface area contributed by atoms with E-state index in [0.29, 0.717) is 5.92 Å². The summed E-state index contributed by atoms with van der Waals surface area (Å²) in [5.41, 5.74) is -0.785. The summed E-state index contributed by atoms with van der Waals surface area (Å²) >= 11 is 0. The summed E-state index contributed by atoms with van der Waals surface area (Å²) in [6, 6.07) is 0. The van der Waals surface area contributed by atoms with Crippen LogP contribution in [-0.2, 0) is 14.3 Å². The third-order valence-electron chi connectivity index (χ3n) is 4.87. The van der Waals surface area contributed by atoms with Crippen molar-refractivity contribution in [2.45, 2.75) is 50.2 Å². The summed E-state index contributed by atoms with van der Waals surface area (Å²) < 4.78 is 10.7. The van der Waals surface area contributed by atoms with Gasteiger partial charge in [0.2, 0.25) is 0 Å². The van der Waals surface area contributed by atoms with Crippen LogP contribution >= 0.6 is 0 Å². The van der Waals surface area contributed by atoms with E-state index in [0.717, 1.165) is 12.3 Å². The van der Waals surface area contributed by atoms with Crippen LogP contribution in [-0.4, -0.2) is 24.3 Å². The molecule has 15 heavy (non-hydrogen) atoms. The Morgan fingerprint density at radius 2 is 2.20 bits per heavy atom. The summed E-state index contributed by atoms with van der Waals surface area (Å²) in [4.78, 5) is 11.7. The Labute approximate surface area is 90.1 Å². The fourth-order valence-corrected chi connectivity index (χ4v) is 4.05. The van der Waals surface area contributed by atoms with Gasteiger partial charge >= 0.3 is 5.97 Å². The SMILES string of the molecule is COC(=O)C1(C)OC12CCC1CCCC12. The van der Waals surface area contributed by atoms with Gasteiger partial charge in [-0.05, 0) is 38.0 Å². The summed E-state index contributed by atoms with van der Waals surface area (Å²) in [7, 11) is 1.45. The largest absolute Gasteiger partial charge is 0.467 e. The molecule has 1 aliphatic heterocycles. The van der Waals surface area contributed by atoms with Gasteiger partial charge in [-0.25, -0.2) is 4.79 Å². The lowest BCUT2D eigenvalue weighted by molar-refractivity contribution is -0.146. The first kappa shape index (κ1) is 9.64. The van der Waals surface area contributed by atoms with Crippen LogP contribution in [0, 0.1) is 11.8 Å². The van der Waals surface area contributed by atoms with Crippen LogP contribution in [0.3, 0.4) is 0 Å². The number of ether oxygens (including phenoxy) is 2. The zero-order chi connectivity index (χ0) is 10.7. The van der Waals surface area contributed by atoms with Gasteiger partial charge in [-0.3, -0.25) is 0 Å². The monoisotopic (exact) mass is 210 g/mol. The van der Waals surface area contributed by atoms with E-state index in [9.17, 15) is 4.79 Å². The molecule has 0 bridgehead atoms. The van der Waals surface area contributed by atoms with Gasteiger partial charge in [0.15, 0.2) is 5.60 Å². The second kappa shape index (κ2) is 2.76. The highest BCUT2D eigenvalue weighted by Gasteiger charge is 2.78. The number of methoxy groups -OCH3 is 1. The molecule has 0 radical (unpaired) electrons. The number of esters is 1. The first-order chi connectivity index (χ1) is 7.14. The topological polar surface area (TPSA) is 38.8 Å². The maximum atomic E-state index is 11.7. The number of rotatable bonds is 1. The van der Waals surface area contributed by atoms with Gasteiger partial charge in [-0.2, -0.15) is 0 Å². The molecule has 0 aromatic heterocycles. The number of hydrogen-bond acceptors (Lipinski definition) is 3. The normalized spacial score (nSPS) is 51.9. The molecule has 3 rings (SSSR count). The molecule has 1 spiro atoms. The number of hydrogen-bond donors (Lipinski definition) is 0. The van der Waals surface area contributed by atoms with Gasteiger partial charge in [0.05, 0.1) is 7.11 Å². The van der Waals surface area contributed by atoms with Crippen molar-refractivity contribution in [3.63, 3.8) is 0 Å². The van der Waals surface area contributed by atoms with Crippen LogP contribution in [0.2, 0.25) is 0 Å². The van der Waals surface area contributed by atoms with Crippen molar-refractivity contribution < 1.29 is 14.3 Å². The van der Waals surface area contributed by atoms with Crippen LogP contribution in [0.1, 0.15) is 39.0 Å². The standard InChI is InChI=1S/C12H18O3/c1-11(10(13)14-2)12(15-11)7-6-8-4-3-5-9(8)12/h8-9H,3-7H2,1-2H3. The fraction of sp³-hybridized carbons (Fsp3) is 0.917. The smallest absolute Gasteiger partial charge is 0.340 e. The Hall–Kier alpha value is -0.570. The molecule has 1 heterocycles. The van der Waals surface area contributed by atoms with Gasteiger partial charge in [0.1, 0.15) is 5.60 Å². The predicted octanol–water partition coefficient (Wildman–Crippen LogP) is 1.90. The van der Waals surface area contributed by atoms with Crippen molar-refractivity contribution in [2.24, 2.45) is 11.8 Å². The van der Waals surface area contributed by atoms with Crippen LogP contribution in [0.5, 0.6) is 0 Å². The van der Waals surface area contributed by atoms with Gasteiger partial charge in [0, 0.05) is 0 Å². The molecular formula is C12H18O3. The number of fused-ring (bicyclic) bond motifs is 2. The van der Waals surface area contributed by atoms with Gasteiger partial charge in [-0.15, -0.1) is 0 Å². The molecule has 2 saturated carbocycles. The van der Waals surface area contributed by atoms with Crippen molar-refractivity contribution in [3.8, 4) is 0 Å². The van der Waals surface area contributed by atoms with E-state index in [1.807, 2.05) is 6.92 Å². The Bertz CT molecular complexity index is 314. The summed E-state index contributed by atoms with van der Waals surface area (Å²) in [5, 5.41) is 0. The molecule has 0 amide bonds. The third kappa shape index (κ3) is 0.975. The molecule has 3 fully saturated rings. The number of carbonyl (C=O) groups is 1.